The molecule has 0 aliphatic carbocycles. The van der Waals surface area contributed by atoms with E-state index in [9.17, 15) is 4.79 Å². The average Bonchev–Trinajstić information content (AvgIpc) is 2.76. The van der Waals surface area contributed by atoms with Gasteiger partial charge in [-0.2, -0.15) is 4.98 Å². The lowest BCUT2D eigenvalue weighted by atomic mass is 10.2. The number of hydrogen-bond donors (Lipinski definition) is 2. The highest BCUT2D eigenvalue weighted by Crippen LogP contribution is 2.20. The highest BCUT2D eigenvalue weighted by molar-refractivity contribution is 5.93. The summed E-state index contributed by atoms with van der Waals surface area (Å²) in [6, 6.07) is 5.18. The Kier molecular flexibility index (Phi) is 3.24. The van der Waals surface area contributed by atoms with E-state index < -0.39 is 5.97 Å². The van der Waals surface area contributed by atoms with Gasteiger partial charge in [0.25, 0.3) is 6.01 Å². The lowest BCUT2D eigenvalue weighted by molar-refractivity contribution is 0.0601. The smallest absolute Gasteiger partial charge is 0.337 e. The number of anilines is 1. The number of aromatic nitrogens is 1. The molecule has 0 aliphatic rings. The molecule has 0 spiro atoms. The number of fused-ring (bicyclic) bond motifs is 1. The molecule has 90 valence electrons. The highest BCUT2D eigenvalue weighted by Gasteiger charge is 2.10. The van der Waals surface area contributed by atoms with Gasteiger partial charge in [-0.25, -0.2) is 4.79 Å². The largest absolute Gasteiger partial charge is 0.465 e. The van der Waals surface area contributed by atoms with E-state index in [1.165, 1.54) is 7.11 Å². The van der Waals surface area contributed by atoms with Crippen LogP contribution in [0.15, 0.2) is 22.6 Å². The maximum atomic E-state index is 11.3. The molecule has 0 saturated carbocycles. The predicted octanol–water partition coefficient (Wildman–Crippen LogP) is 1.02. The lowest BCUT2D eigenvalue weighted by Crippen LogP contribution is -2.05. The zero-order valence-electron chi connectivity index (χ0n) is 9.27. The van der Waals surface area contributed by atoms with Crippen LogP contribution in [0.5, 0.6) is 0 Å². The topological polar surface area (TPSA) is 84.6 Å². The Hall–Kier alpha value is -2.08. The molecular formula is C11H12N2O4. The molecule has 2 aromatic rings. The Morgan fingerprint density at radius 3 is 3.12 bits per heavy atom. The predicted molar refractivity (Wildman–Crippen MR) is 60.9 cm³/mol. The van der Waals surface area contributed by atoms with E-state index in [-0.39, 0.29) is 6.61 Å². The SMILES string of the molecule is COC(=O)c1ccc2nc(NCCO)oc2c1. The van der Waals surface area contributed by atoms with E-state index in [0.717, 1.165) is 0 Å². The number of ether oxygens (including phenoxy) is 1. The summed E-state index contributed by atoms with van der Waals surface area (Å²) in [5.41, 5.74) is 1.54. The first-order valence-electron chi connectivity index (χ1n) is 5.08. The summed E-state index contributed by atoms with van der Waals surface area (Å²) in [5.74, 6) is -0.423. The number of nitrogens with one attached hydrogen (secondary N) is 1. The van der Waals surface area contributed by atoms with Crippen molar-refractivity contribution in [3.8, 4) is 0 Å². The van der Waals surface area contributed by atoms with Crippen molar-refractivity contribution in [2.45, 2.75) is 0 Å². The number of nitrogens with zero attached hydrogens (tertiary/aromatic N) is 1. The standard InChI is InChI=1S/C11H12N2O4/c1-16-10(15)7-2-3-8-9(6-7)17-11(13-8)12-4-5-14/h2-3,6,14H,4-5H2,1H3,(H,12,13). The van der Waals surface area contributed by atoms with Gasteiger partial charge in [-0.05, 0) is 18.2 Å². The van der Waals surface area contributed by atoms with Crippen molar-refractivity contribution in [2.75, 3.05) is 25.6 Å². The second-order valence-corrected chi connectivity index (χ2v) is 3.34. The van der Waals surface area contributed by atoms with Crippen LogP contribution in [0.3, 0.4) is 0 Å². The maximum absolute atomic E-state index is 11.3. The van der Waals surface area contributed by atoms with Gasteiger partial charge in [0.15, 0.2) is 5.58 Å². The van der Waals surface area contributed by atoms with Crippen LogP contribution in [-0.2, 0) is 4.74 Å². The highest BCUT2D eigenvalue weighted by atomic mass is 16.5. The first-order valence-corrected chi connectivity index (χ1v) is 5.08. The van der Waals surface area contributed by atoms with E-state index in [2.05, 4.69) is 15.0 Å². The third kappa shape index (κ3) is 2.36. The van der Waals surface area contributed by atoms with Crippen molar-refractivity contribution in [1.29, 1.82) is 0 Å². The molecule has 1 aromatic carbocycles. The number of aliphatic hydroxyl groups is 1. The van der Waals surface area contributed by atoms with Crippen molar-refractivity contribution in [3.05, 3.63) is 23.8 Å². The number of carbonyl (C=O) groups is 1. The summed E-state index contributed by atoms with van der Waals surface area (Å²) < 4.78 is 9.97. The summed E-state index contributed by atoms with van der Waals surface area (Å²) in [7, 11) is 1.32. The number of rotatable bonds is 4. The molecule has 0 unspecified atom stereocenters. The van der Waals surface area contributed by atoms with Crippen molar-refractivity contribution in [1.82, 2.24) is 4.98 Å². The third-order valence-electron chi connectivity index (χ3n) is 2.20. The molecule has 17 heavy (non-hydrogen) atoms. The molecular weight excluding hydrogens is 224 g/mol. The summed E-state index contributed by atoms with van der Waals surface area (Å²) in [5, 5.41) is 11.5. The molecule has 6 heteroatoms. The van der Waals surface area contributed by atoms with Gasteiger partial charge in [-0.3, -0.25) is 0 Å². The van der Waals surface area contributed by atoms with Gasteiger partial charge in [0, 0.05) is 6.54 Å². The Morgan fingerprint density at radius 1 is 1.59 bits per heavy atom. The number of hydrogen-bond acceptors (Lipinski definition) is 6. The second kappa shape index (κ2) is 4.84. The van der Waals surface area contributed by atoms with Gasteiger partial charge < -0.3 is 19.6 Å². The van der Waals surface area contributed by atoms with E-state index >= 15 is 0 Å². The van der Waals surface area contributed by atoms with Gasteiger partial charge in [-0.15, -0.1) is 0 Å². The van der Waals surface area contributed by atoms with Crippen molar-refractivity contribution < 1.29 is 19.1 Å². The van der Waals surface area contributed by atoms with Crippen molar-refractivity contribution >= 4 is 23.1 Å². The van der Waals surface area contributed by atoms with Crippen LogP contribution in [0.2, 0.25) is 0 Å². The molecule has 0 atom stereocenters. The summed E-state index contributed by atoms with van der Waals surface area (Å²) in [4.78, 5) is 15.4. The zero-order chi connectivity index (χ0) is 12.3. The molecule has 0 aliphatic heterocycles. The van der Waals surface area contributed by atoms with Crippen LogP contribution in [0.25, 0.3) is 11.1 Å². The van der Waals surface area contributed by atoms with Crippen LogP contribution in [-0.4, -0.2) is 36.3 Å². The number of esters is 1. The number of oxazole rings is 1. The molecule has 6 nitrogen and oxygen atoms in total. The fourth-order valence-electron chi connectivity index (χ4n) is 1.41. The van der Waals surface area contributed by atoms with Gasteiger partial charge in [0.2, 0.25) is 0 Å². The van der Waals surface area contributed by atoms with Crippen LogP contribution >= 0.6 is 0 Å². The van der Waals surface area contributed by atoms with Crippen molar-refractivity contribution in [2.24, 2.45) is 0 Å². The number of benzene rings is 1. The van der Waals surface area contributed by atoms with Crippen LogP contribution in [0.4, 0.5) is 6.01 Å². The van der Waals surface area contributed by atoms with E-state index in [4.69, 9.17) is 9.52 Å². The Morgan fingerprint density at radius 2 is 2.41 bits per heavy atom. The van der Waals surface area contributed by atoms with E-state index in [1.807, 2.05) is 0 Å². The van der Waals surface area contributed by atoms with Crippen molar-refractivity contribution in [3.63, 3.8) is 0 Å². The van der Waals surface area contributed by atoms with Crippen LogP contribution in [0.1, 0.15) is 10.4 Å². The minimum absolute atomic E-state index is 0.00780. The number of methoxy groups -OCH3 is 1. The summed E-state index contributed by atoms with van der Waals surface area (Å²) >= 11 is 0. The Balaban J connectivity index is 2.31. The van der Waals surface area contributed by atoms with E-state index in [0.29, 0.717) is 29.2 Å². The number of aliphatic hydroxyl groups excluding tert-OH is 1. The molecule has 1 aromatic heterocycles. The normalized spacial score (nSPS) is 10.5. The fraction of sp³-hybridized carbons (Fsp3) is 0.273. The summed E-state index contributed by atoms with van der Waals surface area (Å²) in [6.45, 7) is 0.350. The Bertz CT molecular complexity index is 535. The fourth-order valence-corrected chi connectivity index (χ4v) is 1.41. The summed E-state index contributed by atoms with van der Waals surface area (Å²) in [6.07, 6.45) is 0. The molecule has 2 N–H and O–H groups in total. The molecule has 0 fully saturated rings. The van der Waals surface area contributed by atoms with E-state index in [1.54, 1.807) is 18.2 Å². The molecule has 0 saturated heterocycles. The zero-order valence-corrected chi connectivity index (χ0v) is 9.27. The van der Waals surface area contributed by atoms with Gasteiger partial charge >= 0.3 is 5.97 Å². The molecule has 0 radical (unpaired) electrons. The Labute approximate surface area is 97.2 Å². The van der Waals surface area contributed by atoms with Gasteiger partial charge in [0.05, 0.1) is 19.3 Å². The maximum Gasteiger partial charge on any atom is 0.337 e. The molecule has 0 bridgehead atoms. The molecule has 1 heterocycles. The monoisotopic (exact) mass is 236 g/mol. The second-order valence-electron chi connectivity index (χ2n) is 3.34. The minimum Gasteiger partial charge on any atom is -0.465 e. The lowest BCUT2D eigenvalue weighted by Gasteiger charge is -1.97. The first kappa shape index (κ1) is 11.4. The van der Waals surface area contributed by atoms with Gasteiger partial charge in [-0.1, -0.05) is 0 Å². The molecule has 0 amide bonds. The average molecular weight is 236 g/mol. The van der Waals surface area contributed by atoms with Gasteiger partial charge in [0.1, 0.15) is 5.52 Å². The molecule has 2 rings (SSSR count). The third-order valence-corrected chi connectivity index (χ3v) is 2.20. The van der Waals surface area contributed by atoms with Crippen LogP contribution in [0, 0.1) is 0 Å². The first-order chi connectivity index (χ1) is 8.24. The number of carbonyl (C=O) groups excluding carboxylic acids is 1. The quantitative estimate of drug-likeness (QED) is 0.771. The minimum atomic E-state index is -0.423. The van der Waals surface area contributed by atoms with Crippen LogP contribution < -0.4 is 5.32 Å².